The van der Waals surface area contributed by atoms with Gasteiger partial charge in [-0.2, -0.15) is 0 Å². The SMILES string of the molecule is CCCC[C@H](NCc1cc(Br)c(OCC)c(OC)c1)C(=O)O. The highest BCUT2D eigenvalue weighted by molar-refractivity contribution is 9.10. The van der Waals surface area contributed by atoms with Crippen molar-refractivity contribution < 1.29 is 19.4 Å². The Morgan fingerprint density at radius 1 is 1.41 bits per heavy atom. The second-order valence-electron chi connectivity index (χ2n) is 4.96. The number of carbonyl (C=O) groups is 1. The zero-order valence-electron chi connectivity index (χ0n) is 13.3. The maximum absolute atomic E-state index is 11.2. The normalized spacial score (nSPS) is 12.0. The number of ether oxygens (including phenoxy) is 2. The van der Waals surface area contributed by atoms with Crippen LogP contribution >= 0.6 is 15.9 Å². The molecule has 2 N–H and O–H groups in total. The minimum absolute atomic E-state index is 0.460. The van der Waals surface area contributed by atoms with E-state index in [4.69, 9.17) is 9.47 Å². The molecule has 1 aromatic rings. The van der Waals surface area contributed by atoms with Crippen LogP contribution in [0.25, 0.3) is 0 Å². The highest BCUT2D eigenvalue weighted by Gasteiger charge is 2.17. The Morgan fingerprint density at radius 2 is 2.14 bits per heavy atom. The van der Waals surface area contributed by atoms with Crippen LogP contribution in [0.15, 0.2) is 16.6 Å². The molecule has 0 aromatic heterocycles. The molecule has 0 saturated carbocycles. The van der Waals surface area contributed by atoms with Crippen LogP contribution in [0.2, 0.25) is 0 Å². The van der Waals surface area contributed by atoms with Crippen molar-refractivity contribution in [2.75, 3.05) is 13.7 Å². The van der Waals surface area contributed by atoms with Crippen LogP contribution < -0.4 is 14.8 Å². The average Bonchev–Trinajstić information content (AvgIpc) is 2.49. The van der Waals surface area contributed by atoms with Gasteiger partial charge in [-0.05, 0) is 47.0 Å². The van der Waals surface area contributed by atoms with Gasteiger partial charge < -0.3 is 19.9 Å². The molecule has 0 radical (unpaired) electrons. The molecule has 124 valence electrons. The fraction of sp³-hybridized carbons (Fsp3) is 0.562. The molecule has 1 rings (SSSR count). The van der Waals surface area contributed by atoms with Gasteiger partial charge in [0.1, 0.15) is 6.04 Å². The summed E-state index contributed by atoms with van der Waals surface area (Å²) >= 11 is 3.47. The molecule has 0 spiro atoms. The maximum atomic E-state index is 11.2. The van der Waals surface area contributed by atoms with Gasteiger partial charge in [-0.25, -0.2) is 0 Å². The zero-order chi connectivity index (χ0) is 16.5. The Labute approximate surface area is 140 Å². The first-order chi connectivity index (χ1) is 10.5. The number of unbranched alkanes of at least 4 members (excludes halogenated alkanes) is 1. The highest BCUT2D eigenvalue weighted by Crippen LogP contribution is 2.36. The summed E-state index contributed by atoms with van der Waals surface area (Å²) in [6.45, 7) is 4.96. The Bertz CT molecular complexity index is 493. The van der Waals surface area contributed by atoms with E-state index in [0.717, 1.165) is 22.9 Å². The van der Waals surface area contributed by atoms with Crippen molar-refractivity contribution in [2.24, 2.45) is 0 Å². The van der Waals surface area contributed by atoms with Crippen LogP contribution in [-0.4, -0.2) is 30.8 Å². The van der Waals surface area contributed by atoms with Gasteiger partial charge in [-0.15, -0.1) is 0 Å². The van der Waals surface area contributed by atoms with E-state index in [0.29, 0.717) is 31.1 Å². The van der Waals surface area contributed by atoms with Crippen LogP contribution in [0.1, 0.15) is 38.7 Å². The first kappa shape index (κ1) is 18.8. The van der Waals surface area contributed by atoms with Gasteiger partial charge in [-0.1, -0.05) is 19.8 Å². The van der Waals surface area contributed by atoms with Crippen LogP contribution in [0.4, 0.5) is 0 Å². The van der Waals surface area contributed by atoms with Crippen molar-refractivity contribution in [3.8, 4) is 11.5 Å². The second kappa shape index (κ2) is 9.69. The van der Waals surface area contributed by atoms with E-state index in [1.807, 2.05) is 26.0 Å². The van der Waals surface area contributed by atoms with Crippen LogP contribution in [-0.2, 0) is 11.3 Å². The lowest BCUT2D eigenvalue weighted by molar-refractivity contribution is -0.139. The summed E-state index contributed by atoms with van der Waals surface area (Å²) in [5.41, 5.74) is 0.940. The largest absolute Gasteiger partial charge is 0.493 e. The predicted molar refractivity (Wildman–Crippen MR) is 89.7 cm³/mol. The number of hydrogen-bond acceptors (Lipinski definition) is 4. The van der Waals surface area contributed by atoms with Crippen LogP contribution in [0, 0.1) is 0 Å². The van der Waals surface area contributed by atoms with E-state index >= 15 is 0 Å². The predicted octanol–water partition coefficient (Wildman–Crippen LogP) is 3.59. The number of nitrogens with one attached hydrogen (secondary N) is 1. The molecule has 0 aliphatic rings. The number of hydrogen-bond donors (Lipinski definition) is 2. The Hall–Kier alpha value is -1.27. The summed E-state index contributed by atoms with van der Waals surface area (Å²) in [7, 11) is 1.59. The lowest BCUT2D eigenvalue weighted by Gasteiger charge is -2.16. The number of carboxylic acids is 1. The van der Waals surface area contributed by atoms with Crippen molar-refractivity contribution in [1.29, 1.82) is 0 Å². The molecule has 0 aliphatic heterocycles. The number of methoxy groups -OCH3 is 1. The first-order valence-corrected chi connectivity index (χ1v) is 8.28. The van der Waals surface area contributed by atoms with E-state index in [9.17, 15) is 9.90 Å². The maximum Gasteiger partial charge on any atom is 0.320 e. The number of benzene rings is 1. The van der Waals surface area contributed by atoms with Crippen LogP contribution in [0.5, 0.6) is 11.5 Å². The molecule has 0 fully saturated rings. The number of halogens is 1. The topological polar surface area (TPSA) is 67.8 Å². The average molecular weight is 374 g/mol. The molecule has 1 aromatic carbocycles. The van der Waals surface area contributed by atoms with Gasteiger partial charge in [0.2, 0.25) is 0 Å². The van der Waals surface area contributed by atoms with Gasteiger partial charge in [0.05, 0.1) is 18.2 Å². The molecule has 0 heterocycles. The van der Waals surface area contributed by atoms with Crippen LogP contribution in [0.3, 0.4) is 0 Å². The quantitative estimate of drug-likeness (QED) is 0.655. The Balaban J connectivity index is 2.80. The fourth-order valence-corrected chi connectivity index (χ4v) is 2.73. The first-order valence-electron chi connectivity index (χ1n) is 7.48. The summed E-state index contributed by atoms with van der Waals surface area (Å²) in [6.07, 6.45) is 2.50. The van der Waals surface area contributed by atoms with Crippen molar-refractivity contribution in [2.45, 2.75) is 45.7 Å². The molecular formula is C16H24BrNO4. The highest BCUT2D eigenvalue weighted by atomic mass is 79.9. The number of carboxylic acid groups (broad SMARTS) is 1. The molecule has 22 heavy (non-hydrogen) atoms. The van der Waals surface area contributed by atoms with E-state index < -0.39 is 12.0 Å². The standard InChI is InChI=1S/C16H24BrNO4/c1-4-6-7-13(16(19)20)18-10-11-8-12(17)15(22-5-2)14(9-11)21-3/h8-9,13,18H,4-7,10H2,1-3H3,(H,19,20)/t13-/m0/s1. The summed E-state index contributed by atoms with van der Waals surface area (Å²) < 4.78 is 11.7. The van der Waals surface area contributed by atoms with Crippen molar-refractivity contribution in [1.82, 2.24) is 5.32 Å². The third kappa shape index (κ3) is 5.50. The minimum atomic E-state index is -0.814. The smallest absolute Gasteiger partial charge is 0.320 e. The number of aliphatic carboxylic acids is 1. The lowest BCUT2D eigenvalue weighted by atomic mass is 10.1. The molecule has 0 unspecified atom stereocenters. The number of rotatable bonds is 10. The zero-order valence-corrected chi connectivity index (χ0v) is 14.9. The summed E-state index contributed by atoms with van der Waals surface area (Å²) in [5.74, 6) is 0.480. The van der Waals surface area contributed by atoms with E-state index in [2.05, 4.69) is 21.2 Å². The van der Waals surface area contributed by atoms with E-state index in [-0.39, 0.29) is 0 Å². The van der Waals surface area contributed by atoms with Gasteiger partial charge in [0, 0.05) is 6.54 Å². The van der Waals surface area contributed by atoms with Crippen molar-refractivity contribution in [3.63, 3.8) is 0 Å². The second-order valence-corrected chi connectivity index (χ2v) is 5.81. The minimum Gasteiger partial charge on any atom is -0.493 e. The van der Waals surface area contributed by atoms with Gasteiger partial charge in [0.15, 0.2) is 11.5 Å². The molecule has 0 bridgehead atoms. The van der Waals surface area contributed by atoms with E-state index in [1.54, 1.807) is 7.11 Å². The fourth-order valence-electron chi connectivity index (χ4n) is 2.12. The van der Waals surface area contributed by atoms with Crippen molar-refractivity contribution >= 4 is 21.9 Å². The summed E-state index contributed by atoms with van der Waals surface area (Å²) in [6, 6.07) is 3.25. The van der Waals surface area contributed by atoms with E-state index in [1.165, 1.54) is 0 Å². The van der Waals surface area contributed by atoms with Crippen molar-refractivity contribution in [3.05, 3.63) is 22.2 Å². The van der Waals surface area contributed by atoms with Gasteiger partial charge >= 0.3 is 5.97 Å². The van der Waals surface area contributed by atoms with Gasteiger partial charge in [0.25, 0.3) is 0 Å². The molecule has 5 nitrogen and oxygen atoms in total. The third-order valence-electron chi connectivity index (χ3n) is 3.27. The lowest BCUT2D eigenvalue weighted by Crippen LogP contribution is -2.36. The monoisotopic (exact) mass is 373 g/mol. The molecule has 0 saturated heterocycles. The molecule has 6 heteroatoms. The van der Waals surface area contributed by atoms with Gasteiger partial charge in [-0.3, -0.25) is 4.79 Å². The Kier molecular flexibility index (Phi) is 8.27. The Morgan fingerprint density at radius 3 is 2.68 bits per heavy atom. The summed E-state index contributed by atoms with van der Waals surface area (Å²) in [5, 5.41) is 12.3. The molecule has 0 amide bonds. The molecular weight excluding hydrogens is 350 g/mol. The third-order valence-corrected chi connectivity index (χ3v) is 3.86. The molecule has 0 aliphatic carbocycles. The molecule has 1 atom stereocenters. The summed E-state index contributed by atoms with van der Waals surface area (Å²) in [4.78, 5) is 11.2.